The number of nitrogens with one attached hydrogen (secondary N) is 1. The first-order valence-electron chi connectivity index (χ1n) is 6.37. The predicted molar refractivity (Wildman–Crippen MR) is 76.1 cm³/mol. The monoisotopic (exact) mass is 260 g/mol. The quantitative estimate of drug-likeness (QED) is 0.784. The van der Waals surface area contributed by atoms with Crippen LogP contribution in [-0.2, 0) is 13.0 Å². The number of ether oxygens (including phenoxy) is 1. The van der Waals surface area contributed by atoms with Crippen LogP contribution in [0.1, 0.15) is 18.2 Å². The van der Waals surface area contributed by atoms with Crippen LogP contribution in [0.4, 0.5) is 5.69 Å². The van der Waals surface area contributed by atoms with Crippen LogP contribution in [0.5, 0.6) is 5.75 Å². The number of rotatable bonds is 6. The molecule has 0 aliphatic rings. The van der Waals surface area contributed by atoms with E-state index in [1.54, 1.807) is 13.4 Å². The highest BCUT2D eigenvalue weighted by molar-refractivity contribution is 5.51. The Morgan fingerprint density at radius 3 is 2.84 bits per heavy atom. The van der Waals surface area contributed by atoms with Gasteiger partial charge >= 0.3 is 0 Å². The molecule has 4 nitrogen and oxygen atoms in total. The molecule has 102 valence electrons. The first kappa shape index (κ1) is 13.5. The van der Waals surface area contributed by atoms with E-state index in [-0.39, 0.29) is 0 Å². The molecular formula is C15H20N2O2. The van der Waals surface area contributed by atoms with Crippen molar-refractivity contribution in [3.8, 4) is 5.75 Å². The molecule has 0 saturated heterocycles. The summed E-state index contributed by atoms with van der Waals surface area (Å²) < 4.78 is 10.5. The van der Waals surface area contributed by atoms with Crippen molar-refractivity contribution in [1.29, 1.82) is 0 Å². The van der Waals surface area contributed by atoms with Gasteiger partial charge in [0.25, 0.3) is 0 Å². The van der Waals surface area contributed by atoms with Gasteiger partial charge in [0, 0.05) is 30.8 Å². The van der Waals surface area contributed by atoms with Gasteiger partial charge in [0.2, 0.25) is 0 Å². The molecule has 0 aliphatic heterocycles. The number of nitrogens with two attached hydrogens (primary N) is 1. The summed E-state index contributed by atoms with van der Waals surface area (Å²) in [6.07, 6.45) is 2.56. The molecule has 0 spiro atoms. The van der Waals surface area contributed by atoms with E-state index < -0.39 is 0 Å². The predicted octanol–water partition coefficient (Wildman–Crippen LogP) is 2.59. The molecule has 0 fully saturated rings. The minimum Gasteiger partial charge on any atom is -0.497 e. The molecular weight excluding hydrogens is 240 g/mol. The van der Waals surface area contributed by atoms with E-state index in [9.17, 15) is 0 Å². The largest absolute Gasteiger partial charge is 0.497 e. The van der Waals surface area contributed by atoms with Crippen LogP contribution >= 0.6 is 0 Å². The van der Waals surface area contributed by atoms with Crippen LogP contribution in [0.3, 0.4) is 0 Å². The second-order valence-corrected chi connectivity index (χ2v) is 4.63. The highest BCUT2D eigenvalue weighted by atomic mass is 16.5. The van der Waals surface area contributed by atoms with Gasteiger partial charge in [-0.3, -0.25) is 0 Å². The van der Waals surface area contributed by atoms with E-state index in [4.69, 9.17) is 14.9 Å². The average Bonchev–Trinajstić information content (AvgIpc) is 2.90. The maximum atomic E-state index is 5.98. The molecule has 1 aromatic heterocycles. The van der Waals surface area contributed by atoms with Crippen molar-refractivity contribution in [2.75, 3.05) is 12.8 Å². The molecule has 1 unspecified atom stereocenters. The summed E-state index contributed by atoms with van der Waals surface area (Å²) in [5.41, 5.74) is 7.80. The summed E-state index contributed by atoms with van der Waals surface area (Å²) in [4.78, 5) is 0. The van der Waals surface area contributed by atoms with E-state index in [1.165, 1.54) is 0 Å². The third kappa shape index (κ3) is 3.76. The second-order valence-electron chi connectivity index (χ2n) is 4.63. The molecule has 0 bridgehead atoms. The minimum atomic E-state index is 0.327. The van der Waals surface area contributed by atoms with Gasteiger partial charge in [0.15, 0.2) is 0 Å². The van der Waals surface area contributed by atoms with Crippen LogP contribution < -0.4 is 15.8 Å². The molecule has 0 saturated carbocycles. The molecule has 3 N–H and O–H groups in total. The van der Waals surface area contributed by atoms with Crippen LogP contribution in [0.2, 0.25) is 0 Å². The molecule has 1 atom stereocenters. The molecule has 2 aromatic rings. The minimum absolute atomic E-state index is 0.327. The Kier molecular flexibility index (Phi) is 4.47. The van der Waals surface area contributed by atoms with Crippen molar-refractivity contribution in [2.24, 2.45) is 0 Å². The van der Waals surface area contributed by atoms with Gasteiger partial charge in [0.1, 0.15) is 11.5 Å². The molecule has 0 amide bonds. The second kappa shape index (κ2) is 6.29. The van der Waals surface area contributed by atoms with E-state index in [1.807, 2.05) is 30.3 Å². The Hall–Kier alpha value is -1.94. The Labute approximate surface area is 113 Å². The summed E-state index contributed by atoms with van der Waals surface area (Å²) >= 11 is 0. The van der Waals surface area contributed by atoms with E-state index >= 15 is 0 Å². The average molecular weight is 260 g/mol. The van der Waals surface area contributed by atoms with Crippen molar-refractivity contribution in [3.63, 3.8) is 0 Å². The molecule has 4 heteroatoms. The fourth-order valence-corrected chi connectivity index (χ4v) is 1.95. The SMILES string of the molecule is COc1ccc(CNC(C)Cc2ccco2)c(N)c1. The zero-order chi connectivity index (χ0) is 13.7. The normalized spacial score (nSPS) is 12.3. The van der Waals surface area contributed by atoms with E-state index in [2.05, 4.69) is 12.2 Å². The fraction of sp³-hybridized carbons (Fsp3) is 0.333. The third-order valence-corrected chi connectivity index (χ3v) is 3.08. The lowest BCUT2D eigenvalue weighted by Crippen LogP contribution is -2.27. The Morgan fingerprint density at radius 1 is 1.37 bits per heavy atom. The van der Waals surface area contributed by atoms with Crippen molar-refractivity contribution < 1.29 is 9.15 Å². The molecule has 1 aromatic carbocycles. The van der Waals surface area contributed by atoms with Crippen molar-refractivity contribution in [2.45, 2.75) is 25.9 Å². The van der Waals surface area contributed by atoms with Gasteiger partial charge in [-0.1, -0.05) is 6.07 Å². The zero-order valence-electron chi connectivity index (χ0n) is 11.3. The lowest BCUT2D eigenvalue weighted by Gasteiger charge is -2.14. The van der Waals surface area contributed by atoms with Gasteiger partial charge in [-0.25, -0.2) is 0 Å². The standard InChI is InChI=1S/C15H20N2O2/c1-11(8-14-4-3-7-19-14)17-10-12-5-6-13(18-2)9-15(12)16/h3-7,9,11,17H,8,10,16H2,1-2H3. The molecule has 1 heterocycles. The number of hydrogen-bond acceptors (Lipinski definition) is 4. The van der Waals surface area contributed by atoms with Gasteiger partial charge < -0.3 is 20.2 Å². The van der Waals surface area contributed by atoms with Crippen LogP contribution in [-0.4, -0.2) is 13.2 Å². The van der Waals surface area contributed by atoms with E-state index in [0.29, 0.717) is 6.04 Å². The summed E-state index contributed by atoms with van der Waals surface area (Å²) in [7, 11) is 1.64. The number of furan rings is 1. The highest BCUT2D eigenvalue weighted by Crippen LogP contribution is 2.19. The van der Waals surface area contributed by atoms with Crippen molar-refractivity contribution in [3.05, 3.63) is 47.9 Å². The molecule has 19 heavy (non-hydrogen) atoms. The number of benzene rings is 1. The smallest absolute Gasteiger partial charge is 0.120 e. The number of anilines is 1. The van der Waals surface area contributed by atoms with Gasteiger partial charge in [-0.2, -0.15) is 0 Å². The van der Waals surface area contributed by atoms with Gasteiger partial charge in [0.05, 0.1) is 13.4 Å². The Morgan fingerprint density at radius 2 is 2.21 bits per heavy atom. The summed E-state index contributed by atoms with van der Waals surface area (Å²) in [6.45, 7) is 2.86. The summed E-state index contributed by atoms with van der Waals surface area (Å²) in [6, 6.07) is 9.97. The van der Waals surface area contributed by atoms with Crippen LogP contribution in [0.15, 0.2) is 41.0 Å². The Balaban J connectivity index is 1.88. The maximum Gasteiger partial charge on any atom is 0.120 e. The van der Waals surface area contributed by atoms with Gasteiger partial charge in [-0.15, -0.1) is 0 Å². The summed E-state index contributed by atoms with van der Waals surface area (Å²) in [5, 5.41) is 3.43. The lowest BCUT2D eigenvalue weighted by atomic mass is 10.1. The van der Waals surface area contributed by atoms with Crippen molar-refractivity contribution in [1.82, 2.24) is 5.32 Å². The van der Waals surface area contributed by atoms with Gasteiger partial charge in [-0.05, 0) is 30.7 Å². The molecule has 0 aliphatic carbocycles. The Bertz CT molecular complexity index is 509. The first-order valence-corrected chi connectivity index (χ1v) is 6.37. The highest BCUT2D eigenvalue weighted by Gasteiger charge is 2.07. The molecule has 0 radical (unpaired) electrons. The zero-order valence-corrected chi connectivity index (χ0v) is 11.3. The van der Waals surface area contributed by atoms with Crippen LogP contribution in [0, 0.1) is 0 Å². The lowest BCUT2D eigenvalue weighted by molar-refractivity contribution is 0.414. The first-order chi connectivity index (χ1) is 9.19. The number of methoxy groups -OCH3 is 1. The third-order valence-electron chi connectivity index (χ3n) is 3.08. The van der Waals surface area contributed by atoms with E-state index in [0.717, 1.165) is 35.7 Å². The van der Waals surface area contributed by atoms with Crippen LogP contribution in [0.25, 0.3) is 0 Å². The molecule has 2 rings (SSSR count). The topological polar surface area (TPSA) is 60.4 Å². The fourth-order valence-electron chi connectivity index (χ4n) is 1.95. The maximum absolute atomic E-state index is 5.98. The summed E-state index contributed by atoms with van der Waals surface area (Å²) in [5.74, 6) is 1.77. The van der Waals surface area contributed by atoms with Crippen molar-refractivity contribution >= 4 is 5.69 Å². The number of nitrogen functional groups attached to an aromatic ring is 1. The number of hydrogen-bond donors (Lipinski definition) is 2.